The van der Waals surface area contributed by atoms with E-state index in [4.69, 9.17) is 4.74 Å². The highest BCUT2D eigenvalue weighted by molar-refractivity contribution is 5.89. The molecule has 0 spiro atoms. The lowest BCUT2D eigenvalue weighted by Crippen LogP contribution is -2.00. The smallest absolute Gasteiger partial charge is 0.337 e. The van der Waals surface area contributed by atoms with E-state index < -0.39 is 0 Å². The maximum Gasteiger partial charge on any atom is 0.337 e. The molecule has 25 heavy (non-hydrogen) atoms. The Kier molecular flexibility index (Phi) is 3.74. The summed E-state index contributed by atoms with van der Waals surface area (Å²) in [7, 11) is 1.37. The van der Waals surface area contributed by atoms with Crippen LogP contribution in [-0.4, -0.2) is 27.7 Å². The van der Waals surface area contributed by atoms with Gasteiger partial charge in [-0.05, 0) is 35.4 Å². The first-order chi connectivity index (χ1) is 12.3. The first kappa shape index (κ1) is 15.1. The molecular formula is C20H15N3O2. The van der Waals surface area contributed by atoms with E-state index in [1.165, 1.54) is 7.11 Å². The molecule has 2 aromatic heterocycles. The van der Waals surface area contributed by atoms with Crippen LogP contribution < -0.4 is 0 Å². The van der Waals surface area contributed by atoms with Gasteiger partial charge in [0.2, 0.25) is 0 Å². The summed E-state index contributed by atoms with van der Waals surface area (Å²) in [6, 6.07) is 21.3. The molecule has 0 bridgehead atoms. The number of carbonyl (C=O) groups excluding carboxylic acids is 1. The molecule has 0 atom stereocenters. The highest BCUT2D eigenvalue weighted by Crippen LogP contribution is 2.24. The van der Waals surface area contributed by atoms with Crippen LogP contribution in [0.25, 0.3) is 28.2 Å². The molecule has 122 valence electrons. The van der Waals surface area contributed by atoms with E-state index in [2.05, 4.69) is 22.3 Å². The van der Waals surface area contributed by atoms with Gasteiger partial charge in [-0.3, -0.25) is 4.40 Å². The number of fused-ring (bicyclic) bond motifs is 1. The lowest BCUT2D eigenvalue weighted by atomic mass is 10.1. The Labute approximate surface area is 144 Å². The number of esters is 1. The predicted molar refractivity (Wildman–Crippen MR) is 95.2 cm³/mol. The van der Waals surface area contributed by atoms with Gasteiger partial charge in [0.25, 0.3) is 0 Å². The third kappa shape index (κ3) is 2.76. The molecule has 5 heteroatoms. The summed E-state index contributed by atoms with van der Waals surface area (Å²) in [4.78, 5) is 11.6. The molecule has 0 aliphatic heterocycles. The molecule has 0 saturated heterocycles. The predicted octanol–water partition coefficient (Wildman–Crippen LogP) is 3.85. The third-order valence-electron chi connectivity index (χ3n) is 4.07. The summed E-state index contributed by atoms with van der Waals surface area (Å²) >= 11 is 0. The number of ether oxygens (including phenoxy) is 1. The number of benzene rings is 2. The number of hydrogen-bond donors (Lipinski definition) is 0. The Bertz CT molecular complexity index is 1040. The van der Waals surface area contributed by atoms with Gasteiger partial charge in [0.15, 0.2) is 11.5 Å². The molecule has 0 aliphatic rings. The Morgan fingerprint density at radius 1 is 0.840 bits per heavy atom. The van der Waals surface area contributed by atoms with Crippen molar-refractivity contribution in [1.82, 2.24) is 14.6 Å². The molecule has 5 nitrogen and oxygen atoms in total. The van der Waals surface area contributed by atoms with Crippen molar-refractivity contribution in [3.05, 3.63) is 78.5 Å². The summed E-state index contributed by atoms with van der Waals surface area (Å²) < 4.78 is 6.68. The molecule has 2 aromatic carbocycles. The Morgan fingerprint density at radius 3 is 2.28 bits per heavy atom. The third-order valence-corrected chi connectivity index (χ3v) is 4.07. The van der Waals surface area contributed by atoms with Gasteiger partial charge in [0.1, 0.15) is 0 Å². The molecule has 0 unspecified atom stereocenters. The first-order valence-corrected chi connectivity index (χ1v) is 7.85. The van der Waals surface area contributed by atoms with Crippen molar-refractivity contribution in [3.63, 3.8) is 0 Å². The fraction of sp³-hybridized carbons (Fsp3) is 0.0500. The molecule has 0 aliphatic carbocycles. The fourth-order valence-corrected chi connectivity index (χ4v) is 2.76. The lowest BCUT2D eigenvalue weighted by Gasteiger charge is -2.05. The topological polar surface area (TPSA) is 56.5 Å². The van der Waals surface area contributed by atoms with Crippen LogP contribution in [0.2, 0.25) is 0 Å². The number of pyridine rings is 1. The van der Waals surface area contributed by atoms with Gasteiger partial charge in [-0.25, -0.2) is 4.79 Å². The van der Waals surface area contributed by atoms with Crippen LogP contribution in [0.3, 0.4) is 0 Å². The lowest BCUT2D eigenvalue weighted by molar-refractivity contribution is 0.0601. The second-order valence-corrected chi connectivity index (χ2v) is 5.60. The minimum Gasteiger partial charge on any atom is -0.465 e. The summed E-state index contributed by atoms with van der Waals surface area (Å²) in [6.07, 6.45) is 2.02. The van der Waals surface area contributed by atoms with Gasteiger partial charge in [-0.1, -0.05) is 42.5 Å². The number of nitrogens with zero attached hydrogens (tertiary/aromatic N) is 3. The number of aromatic nitrogens is 3. The van der Waals surface area contributed by atoms with Crippen LogP contribution in [0.1, 0.15) is 10.4 Å². The van der Waals surface area contributed by atoms with Gasteiger partial charge in [0, 0.05) is 11.8 Å². The van der Waals surface area contributed by atoms with Gasteiger partial charge in [-0.15, -0.1) is 10.2 Å². The van der Waals surface area contributed by atoms with Crippen molar-refractivity contribution in [2.24, 2.45) is 0 Å². The van der Waals surface area contributed by atoms with Crippen LogP contribution in [0.4, 0.5) is 0 Å². The van der Waals surface area contributed by atoms with Gasteiger partial charge in [0.05, 0.1) is 12.7 Å². The van der Waals surface area contributed by atoms with Crippen LogP contribution in [-0.2, 0) is 4.74 Å². The summed E-state index contributed by atoms with van der Waals surface area (Å²) in [5.74, 6) is 0.369. The zero-order valence-corrected chi connectivity index (χ0v) is 13.6. The highest BCUT2D eigenvalue weighted by atomic mass is 16.5. The van der Waals surface area contributed by atoms with Crippen molar-refractivity contribution in [3.8, 4) is 22.5 Å². The molecule has 0 N–H and O–H groups in total. The number of rotatable bonds is 3. The van der Waals surface area contributed by atoms with Crippen molar-refractivity contribution in [2.75, 3.05) is 7.11 Å². The summed E-state index contributed by atoms with van der Waals surface area (Å²) in [5.41, 5.74) is 4.37. The largest absolute Gasteiger partial charge is 0.465 e. The molecule has 4 rings (SSSR count). The van der Waals surface area contributed by atoms with Crippen LogP contribution >= 0.6 is 0 Å². The second-order valence-electron chi connectivity index (χ2n) is 5.60. The van der Waals surface area contributed by atoms with E-state index in [0.717, 1.165) is 28.2 Å². The second kappa shape index (κ2) is 6.20. The highest BCUT2D eigenvalue weighted by Gasteiger charge is 2.11. The molecule has 0 fully saturated rings. The Balaban J connectivity index is 1.78. The normalized spacial score (nSPS) is 10.8. The summed E-state index contributed by atoms with van der Waals surface area (Å²) in [5, 5.41) is 8.52. The Morgan fingerprint density at radius 2 is 1.56 bits per heavy atom. The first-order valence-electron chi connectivity index (χ1n) is 7.85. The SMILES string of the molecule is COC(=O)c1ccc(-c2nnc3ccc(-c4ccccc4)cn23)cc1. The standard InChI is InChI=1S/C20H15N3O2/c1-25-20(24)16-9-7-15(8-10-16)19-22-21-18-12-11-17(13-23(18)19)14-5-3-2-4-6-14/h2-13H,1H3. The van der Waals surface area contributed by atoms with E-state index in [0.29, 0.717) is 5.56 Å². The molecule has 2 heterocycles. The van der Waals surface area contributed by atoms with Gasteiger partial charge >= 0.3 is 5.97 Å². The van der Waals surface area contributed by atoms with Crippen molar-refractivity contribution in [1.29, 1.82) is 0 Å². The van der Waals surface area contributed by atoms with Crippen molar-refractivity contribution < 1.29 is 9.53 Å². The van der Waals surface area contributed by atoms with E-state index in [-0.39, 0.29) is 5.97 Å². The number of methoxy groups -OCH3 is 1. The number of carbonyl (C=O) groups is 1. The minimum absolute atomic E-state index is 0.357. The fourth-order valence-electron chi connectivity index (χ4n) is 2.76. The van der Waals surface area contributed by atoms with Gasteiger partial charge in [-0.2, -0.15) is 0 Å². The van der Waals surface area contributed by atoms with Gasteiger partial charge < -0.3 is 4.74 Å². The summed E-state index contributed by atoms with van der Waals surface area (Å²) in [6.45, 7) is 0. The quantitative estimate of drug-likeness (QED) is 0.536. The molecule has 4 aromatic rings. The maximum atomic E-state index is 11.6. The average molecular weight is 329 g/mol. The zero-order valence-electron chi connectivity index (χ0n) is 13.6. The monoisotopic (exact) mass is 329 g/mol. The Hall–Kier alpha value is -3.47. The maximum absolute atomic E-state index is 11.6. The molecule has 0 saturated carbocycles. The molecular weight excluding hydrogens is 314 g/mol. The zero-order chi connectivity index (χ0) is 17.2. The van der Waals surface area contributed by atoms with Crippen LogP contribution in [0.15, 0.2) is 72.9 Å². The van der Waals surface area contributed by atoms with Crippen LogP contribution in [0.5, 0.6) is 0 Å². The van der Waals surface area contributed by atoms with E-state index in [1.54, 1.807) is 12.1 Å². The van der Waals surface area contributed by atoms with Crippen LogP contribution in [0, 0.1) is 0 Å². The van der Waals surface area contributed by atoms with E-state index in [9.17, 15) is 4.79 Å². The molecule has 0 radical (unpaired) electrons. The van der Waals surface area contributed by atoms with E-state index >= 15 is 0 Å². The molecule has 0 amide bonds. The average Bonchev–Trinajstić information content (AvgIpc) is 3.11. The van der Waals surface area contributed by atoms with Crippen molar-refractivity contribution in [2.45, 2.75) is 0 Å². The minimum atomic E-state index is -0.357. The van der Waals surface area contributed by atoms with E-state index in [1.807, 2.05) is 53.1 Å². The van der Waals surface area contributed by atoms with Crippen molar-refractivity contribution >= 4 is 11.6 Å². The number of hydrogen-bond acceptors (Lipinski definition) is 4.